The minimum Gasteiger partial charge on any atom is -0.329 e. The van der Waals surface area contributed by atoms with E-state index in [4.69, 9.17) is 0 Å². The number of nitrogens with zero attached hydrogens (tertiary/aromatic N) is 1. The molecule has 0 spiro atoms. The summed E-state index contributed by atoms with van der Waals surface area (Å²) < 4.78 is 0. The van der Waals surface area contributed by atoms with Gasteiger partial charge in [-0.05, 0) is 31.5 Å². The molecular weight excluding hydrogens is 272 g/mol. The number of hydrogen-bond donors (Lipinski definition) is 1. The van der Waals surface area contributed by atoms with Gasteiger partial charge in [0.05, 0.1) is 6.04 Å². The van der Waals surface area contributed by atoms with E-state index in [0.717, 1.165) is 18.7 Å². The first-order chi connectivity index (χ1) is 10.6. The van der Waals surface area contributed by atoms with E-state index in [1.807, 2.05) is 54.3 Å². The van der Waals surface area contributed by atoms with Gasteiger partial charge in [0.25, 0.3) is 5.91 Å². The van der Waals surface area contributed by atoms with Crippen molar-refractivity contribution in [2.45, 2.75) is 25.9 Å². The SMILES string of the molecule is Cc1ccc(C(=O)N2CC(C)NCC2c2ccccc2)cc1. The van der Waals surface area contributed by atoms with E-state index < -0.39 is 0 Å². The van der Waals surface area contributed by atoms with Gasteiger partial charge >= 0.3 is 0 Å². The van der Waals surface area contributed by atoms with E-state index in [1.165, 1.54) is 11.1 Å². The molecule has 0 bridgehead atoms. The molecule has 0 aliphatic carbocycles. The molecule has 2 atom stereocenters. The fourth-order valence-corrected chi connectivity index (χ4v) is 2.97. The molecule has 1 saturated heterocycles. The van der Waals surface area contributed by atoms with Crippen LogP contribution in [0.4, 0.5) is 0 Å². The van der Waals surface area contributed by atoms with E-state index in [9.17, 15) is 4.79 Å². The van der Waals surface area contributed by atoms with Gasteiger partial charge in [0.1, 0.15) is 0 Å². The lowest BCUT2D eigenvalue weighted by atomic mass is 10.00. The Balaban J connectivity index is 1.90. The number of amides is 1. The van der Waals surface area contributed by atoms with Gasteiger partial charge in [-0.3, -0.25) is 4.79 Å². The monoisotopic (exact) mass is 294 g/mol. The van der Waals surface area contributed by atoms with Crippen LogP contribution in [0.2, 0.25) is 0 Å². The van der Waals surface area contributed by atoms with Crippen LogP contribution in [0.3, 0.4) is 0 Å². The second kappa shape index (κ2) is 6.32. The molecule has 1 aliphatic rings. The normalized spacial score (nSPS) is 21.6. The Morgan fingerprint density at radius 3 is 2.45 bits per heavy atom. The zero-order chi connectivity index (χ0) is 15.5. The molecule has 0 radical (unpaired) electrons. The molecule has 1 fully saturated rings. The summed E-state index contributed by atoms with van der Waals surface area (Å²) in [6.45, 7) is 5.68. The average Bonchev–Trinajstić information content (AvgIpc) is 2.55. The van der Waals surface area contributed by atoms with Gasteiger partial charge in [0.2, 0.25) is 0 Å². The lowest BCUT2D eigenvalue weighted by molar-refractivity contribution is 0.0591. The second-order valence-electron chi connectivity index (χ2n) is 6.06. The summed E-state index contributed by atoms with van der Waals surface area (Å²) in [6.07, 6.45) is 0. The third-order valence-corrected chi connectivity index (χ3v) is 4.25. The van der Waals surface area contributed by atoms with E-state index in [1.54, 1.807) is 0 Å². The molecule has 3 heteroatoms. The molecule has 3 nitrogen and oxygen atoms in total. The zero-order valence-corrected chi connectivity index (χ0v) is 13.1. The van der Waals surface area contributed by atoms with E-state index >= 15 is 0 Å². The summed E-state index contributed by atoms with van der Waals surface area (Å²) in [7, 11) is 0. The summed E-state index contributed by atoms with van der Waals surface area (Å²) in [5.41, 5.74) is 3.12. The van der Waals surface area contributed by atoms with Gasteiger partial charge in [-0.25, -0.2) is 0 Å². The Morgan fingerprint density at radius 2 is 1.77 bits per heavy atom. The van der Waals surface area contributed by atoms with Gasteiger partial charge in [-0.2, -0.15) is 0 Å². The minimum atomic E-state index is 0.0891. The number of nitrogens with one attached hydrogen (secondary N) is 1. The van der Waals surface area contributed by atoms with Crippen LogP contribution in [0.5, 0.6) is 0 Å². The molecule has 1 aliphatic heterocycles. The smallest absolute Gasteiger partial charge is 0.254 e. The standard InChI is InChI=1S/C19H22N2O/c1-14-8-10-17(11-9-14)19(22)21-13-15(2)20-12-18(21)16-6-4-3-5-7-16/h3-11,15,18,20H,12-13H2,1-2H3. The van der Waals surface area contributed by atoms with Gasteiger partial charge in [0.15, 0.2) is 0 Å². The van der Waals surface area contributed by atoms with Crippen LogP contribution in [-0.4, -0.2) is 29.9 Å². The molecule has 1 amide bonds. The van der Waals surface area contributed by atoms with Crippen molar-refractivity contribution < 1.29 is 4.79 Å². The van der Waals surface area contributed by atoms with Crippen molar-refractivity contribution in [3.63, 3.8) is 0 Å². The molecule has 2 aromatic rings. The molecule has 3 rings (SSSR count). The first-order valence-electron chi connectivity index (χ1n) is 7.81. The van der Waals surface area contributed by atoms with Crippen LogP contribution < -0.4 is 5.32 Å². The van der Waals surface area contributed by atoms with E-state index in [2.05, 4.69) is 24.4 Å². The van der Waals surface area contributed by atoms with Gasteiger partial charge < -0.3 is 10.2 Å². The average molecular weight is 294 g/mol. The largest absolute Gasteiger partial charge is 0.329 e. The lowest BCUT2D eigenvalue weighted by Gasteiger charge is -2.39. The van der Waals surface area contributed by atoms with Crippen molar-refractivity contribution in [3.8, 4) is 0 Å². The van der Waals surface area contributed by atoms with Crippen molar-refractivity contribution >= 4 is 5.91 Å². The summed E-state index contributed by atoms with van der Waals surface area (Å²) in [5.74, 6) is 0.113. The van der Waals surface area contributed by atoms with Crippen molar-refractivity contribution in [1.82, 2.24) is 10.2 Å². The van der Waals surface area contributed by atoms with Crippen LogP contribution in [0.25, 0.3) is 0 Å². The Morgan fingerprint density at radius 1 is 1.09 bits per heavy atom. The Hall–Kier alpha value is -2.13. The fraction of sp³-hybridized carbons (Fsp3) is 0.316. The van der Waals surface area contributed by atoms with Gasteiger partial charge in [-0.1, -0.05) is 48.0 Å². The number of carbonyl (C=O) groups excluding carboxylic acids is 1. The highest BCUT2D eigenvalue weighted by atomic mass is 16.2. The lowest BCUT2D eigenvalue weighted by Crippen LogP contribution is -2.53. The maximum atomic E-state index is 12.9. The molecule has 0 aromatic heterocycles. The molecule has 22 heavy (non-hydrogen) atoms. The highest BCUT2D eigenvalue weighted by Gasteiger charge is 2.31. The predicted octanol–water partition coefficient (Wildman–Crippen LogP) is 3.17. The second-order valence-corrected chi connectivity index (χ2v) is 6.06. The van der Waals surface area contributed by atoms with Crippen LogP contribution >= 0.6 is 0 Å². The van der Waals surface area contributed by atoms with Gasteiger partial charge in [-0.15, -0.1) is 0 Å². The van der Waals surface area contributed by atoms with Crippen LogP contribution in [0.15, 0.2) is 54.6 Å². The topological polar surface area (TPSA) is 32.3 Å². The zero-order valence-electron chi connectivity index (χ0n) is 13.1. The van der Waals surface area contributed by atoms with Crippen LogP contribution in [-0.2, 0) is 0 Å². The predicted molar refractivity (Wildman–Crippen MR) is 88.9 cm³/mol. The fourth-order valence-electron chi connectivity index (χ4n) is 2.97. The molecule has 2 unspecified atom stereocenters. The van der Waals surface area contributed by atoms with Crippen molar-refractivity contribution in [3.05, 3.63) is 71.3 Å². The third-order valence-electron chi connectivity index (χ3n) is 4.25. The number of rotatable bonds is 2. The Bertz CT molecular complexity index is 636. The van der Waals surface area contributed by atoms with Crippen molar-refractivity contribution in [2.75, 3.05) is 13.1 Å². The summed E-state index contributed by atoms with van der Waals surface area (Å²) in [6, 6.07) is 18.5. The number of benzene rings is 2. The highest BCUT2D eigenvalue weighted by molar-refractivity contribution is 5.94. The summed E-state index contributed by atoms with van der Waals surface area (Å²) >= 11 is 0. The first kappa shape index (κ1) is 14.8. The molecule has 114 valence electrons. The molecular formula is C19H22N2O. The van der Waals surface area contributed by atoms with Crippen LogP contribution in [0, 0.1) is 6.92 Å². The van der Waals surface area contributed by atoms with Crippen molar-refractivity contribution in [1.29, 1.82) is 0 Å². The molecule has 1 N–H and O–H groups in total. The number of aryl methyl sites for hydroxylation is 1. The number of carbonyl (C=O) groups is 1. The summed E-state index contributed by atoms with van der Waals surface area (Å²) in [4.78, 5) is 14.9. The van der Waals surface area contributed by atoms with E-state index in [0.29, 0.717) is 6.04 Å². The number of hydrogen-bond acceptors (Lipinski definition) is 2. The summed E-state index contributed by atoms with van der Waals surface area (Å²) in [5, 5.41) is 3.48. The maximum absolute atomic E-state index is 12.9. The van der Waals surface area contributed by atoms with Gasteiger partial charge in [0, 0.05) is 24.7 Å². The quantitative estimate of drug-likeness (QED) is 0.922. The van der Waals surface area contributed by atoms with Crippen LogP contribution in [0.1, 0.15) is 34.5 Å². The first-order valence-corrected chi connectivity index (χ1v) is 7.81. The van der Waals surface area contributed by atoms with Crippen molar-refractivity contribution in [2.24, 2.45) is 0 Å². The third kappa shape index (κ3) is 3.04. The highest BCUT2D eigenvalue weighted by Crippen LogP contribution is 2.25. The number of piperazine rings is 1. The minimum absolute atomic E-state index is 0.0891. The Labute approximate surface area is 132 Å². The van der Waals surface area contributed by atoms with E-state index in [-0.39, 0.29) is 11.9 Å². The maximum Gasteiger partial charge on any atom is 0.254 e. The Kier molecular flexibility index (Phi) is 4.25. The molecule has 1 heterocycles. The molecule has 2 aromatic carbocycles. The molecule has 0 saturated carbocycles.